The molecular weight excluding hydrogens is 400 g/mol. The van der Waals surface area contributed by atoms with Gasteiger partial charge in [-0.1, -0.05) is 0 Å². The highest BCUT2D eigenvalue weighted by atomic mass is 19.1. The van der Waals surface area contributed by atoms with Crippen molar-refractivity contribution in [2.24, 2.45) is 0 Å². The highest BCUT2D eigenvalue weighted by Crippen LogP contribution is 2.28. The fourth-order valence-corrected chi connectivity index (χ4v) is 3.20. The van der Waals surface area contributed by atoms with Crippen LogP contribution in [0.2, 0.25) is 0 Å². The van der Waals surface area contributed by atoms with Gasteiger partial charge in [0, 0.05) is 35.8 Å². The van der Waals surface area contributed by atoms with Gasteiger partial charge < -0.3 is 0 Å². The van der Waals surface area contributed by atoms with E-state index in [1.54, 1.807) is 31.7 Å². The summed E-state index contributed by atoms with van der Waals surface area (Å²) in [4.78, 5) is 22.1. The van der Waals surface area contributed by atoms with E-state index in [2.05, 4.69) is 30.0 Å². The third kappa shape index (κ3) is 3.39. The molecule has 0 amide bonds. The van der Waals surface area contributed by atoms with Crippen molar-refractivity contribution in [1.82, 2.24) is 34.7 Å². The van der Waals surface area contributed by atoms with E-state index in [9.17, 15) is 8.78 Å². The van der Waals surface area contributed by atoms with Gasteiger partial charge in [0.25, 0.3) is 5.95 Å². The molecule has 0 bridgehead atoms. The molecule has 0 radical (unpaired) electrons. The average Bonchev–Trinajstić information content (AvgIpc) is 3.25. The maximum absolute atomic E-state index is 14.6. The normalized spacial score (nSPS) is 11.2. The minimum absolute atomic E-state index is 0.106. The summed E-state index contributed by atoms with van der Waals surface area (Å²) in [6.07, 6.45) is 6.81. The highest BCUT2D eigenvalue weighted by Gasteiger charge is 2.18. The predicted molar refractivity (Wildman–Crippen MR) is 110 cm³/mol. The molecule has 0 spiro atoms. The Labute approximate surface area is 175 Å². The zero-order valence-corrected chi connectivity index (χ0v) is 16.6. The highest BCUT2D eigenvalue weighted by molar-refractivity contribution is 5.87. The molecule has 0 saturated heterocycles. The van der Waals surface area contributed by atoms with Crippen LogP contribution in [-0.2, 0) is 0 Å². The summed E-state index contributed by atoms with van der Waals surface area (Å²) in [5.41, 5.74) is 4.09. The lowest BCUT2D eigenvalue weighted by atomic mass is 10.1. The molecule has 0 N–H and O–H groups in total. The van der Waals surface area contributed by atoms with Crippen molar-refractivity contribution >= 4 is 11.2 Å². The third-order valence-electron chi connectivity index (χ3n) is 4.92. The molecule has 5 rings (SSSR count). The SMILES string of the molecule is Cc1nc2nc(-n3cc(-c4ccncc4)cn3)nc(-c3ccc(F)cc3F)c2nc1C. The minimum Gasteiger partial charge on any atom is -0.265 e. The second-order valence-electron chi connectivity index (χ2n) is 6.97. The second-order valence-corrected chi connectivity index (χ2v) is 6.97. The summed E-state index contributed by atoms with van der Waals surface area (Å²) in [7, 11) is 0. The van der Waals surface area contributed by atoms with Gasteiger partial charge in [-0.25, -0.2) is 28.4 Å². The largest absolute Gasteiger partial charge is 0.265 e. The van der Waals surface area contributed by atoms with Crippen LogP contribution in [0.5, 0.6) is 0 Å². The Kier molecular flexibility index (Phi) is 4.43. The Morgan fingerprint density at radius 3 is 2.39 bits per heavy atom. The summed E-state index contributed by atoms with van der Waals surface area (Å²) in [5, 5.41) is 4.35. The molecule has 0 unspecified atom stereocenters. The molecule has 7 nitrogen and oxygen atoms in total. The van der Waals surface area contributed by atoms with Crippen molar-refractivity contribution in [1.29, 1.82) is 0 Å². The number of hydrogen-bond acceptors (Lipinski definition) is 6. The molecule has 5 aromatic rings. The molecule has 0 aliphatic heterocycles. The maximum atomic E-state index is 14.6. The van der Waals surface area contributed by atoms with E-state index in [4.69, 9.17) is 0 Å². The van der Waals surface area contributed by atoms with Crippen LogP contribution in [0.25, 0.3) is 39.5 Å². The van der Waals surface area contributed by atoms with Gasteiger partial charge in [0.15, 0.2) is 5.65 Å². The first-order valence-electron chi connectivity index (χ1n) is 9.43. The number of halogens is 2. The van der Waals surface area contributed by atoms with Crippen LogP contribution >= 0.6 is 0 Å². The van der Waals surface area contributed by atoms with E-state index in [-0.39, 0.29) is 17.2 Å². The van der Waals surface area contributed by atoms with Gasteiger partial charge in [0.1, 0.15) is 22.8 Å². The molecule has 4 heterocycles. The molecule has 0 fully saturated rings. The Hall–Kier alpha value is -4.14. The van der Waals surface area contributed by atoms with E-state index in [1.165, 1.54) is 16.8 Å². The van der Waals surface area contributed by atoms with Crippen LogP contribution in [0.4, 0.5) is 8.78 Å². The van der Waals surface area contributed by atoms with E-state index < -0.39 is 11.6 Å². The van der Waals surface area contributed by atoms with Crippen LogP contribution in [0.15, 0.2) is 55.1 Å². The van der Waals surface area contributed by atoms with Crippen molar-refractivity contribution < 1.29 is 8.78 Å². The molecule has 31 heavy (non-hydrogen) atoms. The van der Waals surface area contributed by atoms with Crippen LogP contribution in [0.1, 0.15) is 11.4 Å². The Bertz CT molecular complexity index is 1430. The molecule has 0 atom stereocenters. The van der Waals surface area contributed by atoms with Crippen LogP contribution in [-0.4, -0.2) is 34.7 Å². The number of fused-ring (bicyclic) bond motifs is 1. The molecular formula is C22H15F2N7. The Morgan fingerprint density at radius 2 is 1.61 bits per heavy atom. The van der Waals surface area contributed by atoms with Gasteiger partial charge in [-0.15, -0.1) is 0 Å². The fourth-order valence-electron chi connectivity index (χ4n) is 3.20. The maximum Gasteiger partial charge on any atom is 0.253 e. The van der Waals surface area contributed by atoms with E-state index in [1.807, 2.05) is 19.1 Å². The van der Waals surface area contributed by atoms with Gasteiger partial charge in [0.05, 0.1) is 17.6 Å². The van der Waals surface area contributed by atoms with Crippen molar-refractivity contribution in [3.63, 3.8) is 0 Å². The number of aryl methyl sites for hydroxylation is 2. The molecule has 152 valence electrons. The zero-order valence-electron chi connectivity index (χ0n) is 16.6. The number of aromatic nitrogens is 7. The molecule has 0 saturated carbocycles. The van der Waals surface area contributed by atoms with Gasteiger partial charge in [-0.3, -0.25) is 4.98 Å². The predicted octanol–water partition coefficient (Wildman–Crippen LogP) is 4.23. The lowest BCUT2D eigenvalue weighted by molar-refractivity contribution is 0.585. The van der Waals surface area contributed by atoms with Gasteiger partial charge in [-0.05, 0) is 43.7 Å². The summed E-state index contributed by atoms with van der Waals surface area (Å²) < 4.78 is 29.6. The van der Waals surface area contributed by atoms with E-state index in [0.29, 0.717) is 22.6 Å². The van der Waals surface area contributed by atoms with Crippen molar-refractivity contribution in [3.05, 3.63) is 78.1 Å². The third-order valence-corrected chi connectivity index (χ3v) is 4.92. The summed E-state index contributed by atoms with van der Waals surface area (Å²) in [6, 6.07) is 7.04. The van der Waals surface area contributed by atoms with Crippen LogP contribution < -0.4 is 0 Å². The van der Waals surface area contributed by atoms with Crippen LogP contribution in [0.3, 0.4) is 0 Å². The zero-order chi connectivity index (χ0) is 21.5. The fraction of sp³-hybridized carbons (Fsp3) is 0.0909. The first-order chi connectivity index (χ1) is 15.0. The summed E-state index contributed by atoms with van der Waals surface area (Å²) in [5.74, 6) is -1.22. The average molecular weight is 415 g/mol. The minimum atomic E-state index is -0.746. The van der Waals surface area contributed by atoms with Gasteiger partial charge in [-0.2, -0.15) is 10.1 Å². The summed E-state index contributed by atoms with van der Waals surface area (Å²) in [6.45, 7) is 3.62. The lowest BCUT2D eigenvalue weighted by Crippen LogP contribution is -2.07. The quantitative estimate of drug-likeness (QED) is 0.439. The number of hydrogen-bond donors (Lipinski definition) is 0. The van der Waals surface area contributed by atoms with Gasteiger partial charge in [0.2, 0.25) is 0 Å². The first kappa shape index (κ1) is 18.9. The molecule has 0 aliphatic rings. The van der Waals surface area contributed by atoms with E-state index >= 15 is 0 Å². The lowest BCUT2D eigenvalue weighted by Gasteiger charge is -2.10. The van der Waals surface area contributed by atoms with Crippen molar-refractivity contribution in [2.75, 3.05) is 0 Å². The Morgan fingerprint density at radius 1 is 0.839 bits per heavy atom. The monoisotopic (exact) mass is 415 g/mol. The first-order valence-corrected chi connectivity index (χ1v) is 9.43. The topological polar surface area (TPSA) is 82.3 Å². The standard InChI is InChI=1S/C22H15F2N7/c1-12-13(2)28-21-20(27-12)19(17-4-3-16(23)9-18(17)24)29-22(30-21)31-11-15(10-26-31)14-5-7-25-8-6-14/h3-11H,1-2H3. The number of pyridine rings is 1. The van der Waals surface area contributed by atoms with Crippen molar-refractivity contribution in [3.8, 4) is 28.3 Å². The second kappa shape index (κ2) is 7.28. The smallest absolute Gasteiger partial charge is 0.253 e. The number of rotatable bonds is 3. The Balaban J connectivity index is 1.73. The van der Waals surface area contributed by atoms with Gasteiger partial charge >= 0.3 is 0 Å². The summed E-state index contributed by atoms with van der Waals surface area (Å²) >= 11 is 0. The number of benzene rings is 1. The molecule has 0 aliphatic carbocycles. The molecule has 4 aromatic heterocycles. The van der Waals surface area contributed by atoms with E-state index in [0.717, 1.165) is 17.2 Å². The van der Waals surface area contributed by atoms with Crippen molar-refractivity contribution in [2.45, 2.75) is 13.8 Å². The van der Waals surface area contributed by atoms with Crippen LogP contribution in [0, 0.1) is 25.5 Å². The molecule has 1 aromatic carbocycles. The number of nitrogens with zero attached hydrogens (tertiary/aromatic N) is 7. The molecule has 9 heteroatoms.